The molecule has 0 saturated heterocycles. The van der Waals surface area contributed by atoms with Crippen molar-refractivity contribution in [2.24, 2.45) is 0 Å². The van der Waals surface area contributed by atoms with Crippen LogP contribution in [0.4, 0.5) is 0 Å². The molecule has 0 aliphatic rings. The summed E-state index contributed by atoms with van der Waals surface area (Å²) in [6.45, 7) is 5.13. The molecule has 0 aliphatic carbocycles. The van der Waals surface area contributed by atoms with E-state index in [0.717, 1.165) is 9.71 Å². The molecule has 0 radical (unpaired) electrons. The van der Waals surface area contributed by atoms with Crippen molar-refractivity contribution in [1.82, 2.24) is 4.98 Å². The summed E-state index contributed by atoms with van der Waals surface area (Å²) in [5, 5.41) is 11.5. The number of aromatic hydroxyl groups is 1. The van der Waals surface area contributed by atoms with Gasteiger partial charge >= 0.3 is 0 Å². The Balaban J connectivity index is 2.57. The summed E-state index contributed by atoms with van der Waals surface area (Å²) in [6.07, 6.45) is 0. The van der Waals surface area contributed by atoms with Crippen molar-refractivity contribution in [3.05, 3.63) is 22.4 Å². The minimum atomic E-state index is -0.0637. The molecule has 2 heterocycles. The standard InChI is InChI=1S/C13H11NO3S/c1-5(15)10-6(2)17-12-8(10)4-9(16)11-13(12)18-7(3)14-11/h4,16H,1-3H3. The van der Waals surface area contributed by atoms with Crippen LogP contribution in [0.25, 0.3) is 21.2 Å². The van der Waals surface area contributed by atoms with Gasteiger partial charge in [0.15, 0.2) is 11.4 Å². The largest absolute Gasteiger partial charge is 0.506 e. The number of aryl methyl sites for hydroxylation is 2. The van der Waals surface area contributed by atoms with E-state index in [1.54, 1.807) is 13.0 Å². The Kier molecular flexibility index (Phi) is 2.22. The van der Waals surface area contributed by atoms with Crippen LogP contribution in [-0.4, -0.2) is 15.9 Å². The summed E-state index contributed by atoms with van der Waals surface area (Å²) in [6, 6.07) is 1.56. The second-order valence-electron chi connectivity index (χ2n) is 4.27. The van der Waals surface area contributed by atoms with Gasteiger partial charge in [-0.15, -0.1) is 11.3 Å². The number of hydrogen-bond donors (Lipinski definition) is 1. The van der Waals surface area contributed by atoms with Crippen molar-refractivity contribution in [3.63, 3.8) is 0 Å². The van der Waals surface area contributed by atoms with Gasteiger partial charge in [-0.1, -0.05) is 0 Å². The number of fused-ring (bicyclic) bond motifs is 3. The Bertz CT molecular complexity index is 798. The maximum Gasteiger partial charge on any atom is 0.163 e. The Morgan fingerprint density at radius 3 is 2.83 bits per heavy atom. The zero-order valence-electron chi connectivity index (χ0n) is 10.2. The highest BCUT2D eigenvalue weighted by molar-refractivity contribution is 7.19. The average Bonchev–Trinajstić information content (AvgIpc) is 2.78. The number of nitrogens with zero attached hydrogens (tertiary/aromatic N) is 1. The molecular formula is C13H11NO3S. The predicted molar refractivity (Wildman–Crippen MR) is 70.5 cm³/mol. The molecule has 3 rings (SSSR count). The maximum absolute atomic E-state index is 11.6. The van der Waals surface area contributed by atoms with Gasteiger partial charge in [0, 0.05) is 5.39 Å². The highest BCUT2D eigenvalue weighted by atomic mass is 32.1. The van der Waals surface area contributed by atoms with Gasteiger partial charge in [-0.2, -0.15) is 0 Å². The second kappa shape index (κ2) is 3.55. The van der Waals surface area contributed by atoms with E-state index in [1.807, 2.05) is 6.92 Å². The number of phenolic OH excluding ortho intramolecular Hbond substituents is 1. The Morgan fingerprint density at radius 2 is 2.17 bits per heavy atom. The summed E-state index contributed by atoms with van der Waals surface area (Å²) in [5.74, 6) is 0.604. The first-order valence-electron chi connectivity index (χ1n) is 5.52. The van der Waals surface area contributed by atoms with Crippen LogP contribution >= 0.6 is 11.3 Å². The molecule has 0 spiro atoms. The number of furan rings is 1. The predicted octanol–water partition coefficient (Wildman–Crippen LogP) is 3.57. The third-order valence-electron chi connectivity index (χ3n) is 2.94. The molecule has 4 nitrogen and oxygen atoms in total. The molecule has 3 aromatic rings. The molecular weight excluding hydrogens is 250 g/mol. The van der Waals surface area contributed by atoms with E-state index < -0.39 is 0 Å². The molecule has 2 aromatic heterocycles. The molecule has 0 amide bonds. The molecule has 0 atom stereocenters. The first kappa shape index (κ1) is 11.2. The minimum Gasteiger partial charge on any atom is -0.506 e. The van der Waals surface area contributed by atoms with E-state index in [1.165, 1.54) is 18.3 Å². The van der Waals surface area contributed by atoms with Gasteiger partial charge < -0.3 is 9.52 Å². The van der Waals surface area contributed by atoms with Gasteiger partial charge in [-0.05, 0) is 26.8 Å². The van der Waals surface area contributed by atoms with E-state index in [2.05, 4.69) is 4.98 Å². The van der Waals surface area contributed by atoms with Crippen molar-refractivity contribution in [3.8, 4) is 5.75 Å². The van der Waals surface area contributed by atoms with Crippen LogP contribution in [0.1, 0.15) is 28.0 Å². The Hall–Kier alpha value is -1.88. The van der Waals surface area contributed by atoms with Crippen molar-refractivity contribution < 1.29 is 14.3 Å². The van der Waals surface area contributed by atoms with Gasteiger partial charge in [0.2, 0.25) is 0 Å². The molecule has 1 aromatic carbocycles. The summed E-state index contributed by atoms with van der Waals surface area (Å²) in [5.41, 5.74) is 1.71. The number of benzene rings is 1. The quantitative estimate of drug-likeness (QED) is 0.680. The number of aromatic nitrogens is 1. The fourth-order valence-corrected chi connectivity index (χ4v) is 3.19. The molecule has 0 bridgehead atoms. The normalized spacial score (nSPS) is 11.5. The highest BCUT2D eigenvalue weighted by Crippen LogP contribution is 2.39. The van der Waals surface area contributed by atoms with Crippen LogP contribution in [-0.2, 0) is 0 Å². The van der Waals surface area contributed by atoms with Gasteiger partial charge in [0.1, 0.15) is 21.7 Å². The van der Waals surface area contributed by atoms with Crippen LogP contribution in [0.15, 0.2) is 10.5 Å². The van der Waals surface area contributed by atoms with E-state index >= 15 is 0 Å². The van der Waals surface area contributed by atoms with Crippen molar-refractivity contribution in [2.45, 2.75) is 20.8 Å². The maximum atomic E-state index is 11.6. The van der Waals surface area contributed by atoms with Gasteiger partial charge in [-0.25, -0.2) is 4.98 Å². The van der Waals surface area contributed by atoms with Crippen LogP contribution in [0.2, 0.25) is 0 Å². The van der Waals surface area contributed by atoms with Gasteiger partial charge in [-0.3, -0.25) is 4.79 Å². The fraction of sp³-hybridized carbons (Fsp3) is 0.231. The van der Waals surface area contributed by atoms with Crippen molar-refractivity contribution in [2.75, 3.05) is 0 Å². The number of phenols is 1. The number of Topliss-reactive ketones (excluding diaryl/α,β-unsaturated/α-hetero) is 1. The first-order chi connectivity index (χ1) is 8.49. The summed E-state index contributed by atoms with van der Waals surface area (Å²) < 4.78 is 6.47. The lowest BCUT2D eigenvalue weighted by Gasteiger charge is -1.96. The van der Waals surface area contributed by atoms with Crippen LogP contribution in [0.3, 0.4) is 0 Å². The summed E-state index contributed by atoms with van der Waals surface area (Å²) >= 11 is 1.45. The molecule has 18 heavy (non-hydrogen) atoms. The molecule has 0 saturated carbocycles. The van der Waals surface area contributed by atoms with E-state index in [0.29, 0.717) is 27.8 Å². The minimum absolute atomic E-state index is 0.0637. The third kappa shape index (κ3) is 1.37. The van der Waals surface area contributed by atoms with E-state index in [4.69, 9.17) is 4.42 Å². The van der Waals surface area contributed by atoms with Gasteiger partial charge in [0.25, 0.3) is 0 Å². The Labute approximate surface area is 107 Å². The summed E-state index contributed by atoms with van der Waals surface area (Å²) in [7, 11) is 0. The van der Waals surface area contributed by atoms with E-state index in [9.17, 15) is 9.90 Å². The number of carbonyl (C=O) groups excluding carboxylic acids is 1. The zero-order chi connectivity index (χ0) is 13.0. The van der Waals surface area contributed by atoms with E-state index in [-0.39, 0.29) is 11.5 Å². The highest BCUT2D eigenvalue weighted by Gasteiger charge is 2.20. The van der Waals surface area contributed by atoms with Crippen LogP contribution < -0.4 is 0 Å². The number of hydrogen-bond acceptors (Lipinski definition) is 5. The Morgan fingerprint density at radius 1 is 1.44 bits per heavy atom. The van der Waals surface area contributed by atoms with Crippen molar-refractivity contribution in [1.29, 1.82) is 0 Å². The summed E-state index contributed by atoms with van der Waals surface area (Å²) in [4.78, 5) is 15.9. The third-order valence-corrected chi connectivity index (χ3v) is 3.91. The molecule has 0 fully saturated rings. The SMILES string of the molecule is CC(=O)c1c(C)oc2c1cc(O)c1nc(C)sc12. The average molecular weight is 261 g/mol. The smallest absolute Gasteiger partial charge is 0.163 e. The lowest BCUT2D eigenvalue weighted by molar-refractivity contribution is 0.101. The first-order valence-corrected chi connectivity index (χ1v) is 6.34. The molecule has 1 N–H and O–H groups in total. The number of thiazole rings is 1. The number of ketones is 1. The molecule has 92 valence electrons. The van der Waals surface area contributed by atoms with Crippen LogP contribution in [0, 0.1) is 13.8 Å². The lowest BCUT2D eigenvalue weighted by atomic mass is 10.1. The fourth-order valence-electron chi connectivity index (χ4n) is 2.27. The van der Waals surface area contributed by atoms with Crippen LogP contribution in [0.5, 0.6) is 5.75 Å². The van der Waals surface area contributed by atoms with Gasteiger partial charge in [0.05, 0.1) is 10.6 Å². The molecule has 0 aliphatic heterocycles. The number of carbonyl (C=O) groups is 1. The monoisotopic (exact) mass is 261 g/mol. The zero-order valence-corrected chi connectivity index (χ0v) is 11.0. The topological polar surface area (TPSA) is 63.3 Å². The lowest BCUT2D eigenvalue weighted by Crippen LogP contribution is -1.92. The second-order valence-corrected chi connectivity index (χ2v) is 5.48. The molecule has 5 heteroatoms. The molecule has 0 unspecified atom stereocenters. The number of rotatable bonds is 1. The van der Waals surface area contributed by atoms with Crippen molar-refractivity contribution >= 4 is 38.3 Å².